The highest BCUT2D eigenvalue weighted by molar-refractivity contribution is 5.97. The van der Waals surface area contributed by atoms with Crippen LogP contribution in [0.3, 0.4) is 0 Å². The molecule has 1 amide bonds. The van der Waals surface area contributed by atoms with Crippen LogP contribution in [0.2, 0.25) is 0 Å². The van der Waals surface area contributed by atoms with Gasteiger partial charge >= 0.3 is 11.9 Å². The number of hydrogen-bond acceptors (Lipinski definition) is 4. The van der Waals surface area contributed by atoms with Crippen LogP contribution in [0.25, 0.3) is 0 Å². The van der Waals surface area contributed by atoms with Crippen molar-refractivity contribution in [3.05, 3.63) is 42.0 Å². The molecule has 1 aromatic carbocycles. The van der Waals surface area contributed by atoms with Crippen LogP contribution in [0, 0.1) is 11.8 Å². The van der Waals surface area contributed by atoms with E-state index < -0.39 is 17.8 Å². The number of ether oxygens (including phenoxy) is 1. The number of esters is 1. The largest absolute Gasteiger partial charge is 0.478 e. The summed E-state index contributed by atoms with van der Waals surface area (Å²) in [5.41, 5.74) is 0.488. The summed E-state index contributed by atoms with van der Waals surface area (Å²) in [5, 5.41) is 11.7. The summed E-state index contributed by atoms with van der Waals surface area (Å²) >= 11 is 0. The average Bonchev–Trinajstić information content (AvgIpc) is 2.61. The number of nitrogens with one attached hydrogen (secondary N) is 1. The number of hydrogen-bond donors (Lipinski definition) is 2. The van der Waals surface area contributed by atoms with Crippen molar-refractivity contribution >= 4 is 23.5 Å². The molecule has 2 N–H and O–H groups in total. The molecule has 0 aromatic heterocycles. The summed E-state index contributed by atoms with van der Waals surface area (Å²) in [4.78, 5) is 36.0. The van der Waals surface area contributed by atoms with Crippen molar-refractivity contribution < 1.29 is 24.2 Å². The Bertz CT molecular complexity index is 682. The Kier molecular flexibility index (Phi) is 6.33. The lowest BCUT2D eigenvalue weighted by atomic mass is 9.82. The Morgan fingerprint density at radius 1 is 1.24 bits per heavy atom. The van der Waals surface area contributed by atoms with Gasteiger partial charge in [0, 0.05) is 5.69 Å². The number of carboxylic acids is 1. The quantitative estimate of drug-likeness (QED) is 0.610. The fraction of sp³-hybridized carbons (Fsp3) is 0.421. The van der Waals surface area contributed by atoms with Crippen molar-refractivity contribution in [1.29, 1.82) is 0 Å². The number of carboxylic acid groups (broad SMARTS) is 1. The molecule has 2 rings (SSSR count). The SMILES string of the molecule is CC[C@H](C)OC(=O)[C@H]1CC=CC[C@H]1C(=O)Nc1cccc(C(=O)O)c1. The number of anilines is 1. The first-order valence-corrected chi connectivity index (χ1v) is 8.42. The second-order valence-corrected chi connectivity index (χ2v) is 6.19. The lowest BCUT2D eigenvalue weighted by Gasteiger charge is -2.27. The molecule has 1 aliphatic carbocycles. The number of carbonyl (C=O) groups excluding carboxylic acids is 2. The first kappa shape index (κ1) is 18.7. The minimum atomic E-state index is -1.06. The summed E-state index contributed by atoms with van der Waals surface area (Å²) in [6.45, 7) is 3.75. The molecule has 0 aliphatic heterocycles. The second-order valence-electron chi connectivity index (χ2n) is 6.19. The van der Waals surface area contributed by atoms with Gasteiger partial charge in [0.1, 0.15) is 0 Å². The minimum Gasteiger partial charge on any atom is -0.478 e. The van der Waals surface area contributed by atoms with E-state index in [4.69, 9.17) is 9.84 Å². The second kappa shape index (κ2) is 8.46. The topological polar surface area (TPSA) is 92.7 Å². The van der Waals surface area contributed by atoms with E-state index in [0.717, 1.165) is 0 Å². The predicted octanol–water partition coefficient (Wildman–Crippen LogP) is 3.25. The van der Waals surface area contributed by atoms with Gasteiger partial charge < -0.3 is 15.2 Å². The molecule has 0 fully saturated rings. The smallest absolute Gasteiger partial charge is 0.335 e. The zero-order chi connectivity index (χ0) is 18.4. The summed E-state index contributed by atoms with van der Waals surface area (Å²) in [6.07, 6.45) is 5.21. The summed E-state index contributed by atoms with van der Waals surface area (Å²) in [6, 6.07) is 6.03. The third kappa shape index (κ3) is 4.92. The van der Waals surface area contributed by atoms with E-state index in [1.165, 1.54) is 12.1 Å². The van der Waals surface area contributed by atoms with Gasteiger partial charge in [0.05, 0.1) is 23.5 Å². The standard InChI is InChI=1S/C19H23NO5/c1-3-12(2)25-19(24)16-10-5-4-9-15(16)17(21)20-14-8-6-7-13(11-14)18(22)23/h4-8,11-12,15-16H,3,9-10H2,1-2H3,(H,20,21)(H,22,23)/t12-,15+,16-/m0/s1. The van der Waals surface area contributed by atoms with Crippen LogP contribution in [0.5, 0.6) is 0 Å². The number of amides is 1. The molecule has 0 heterocycles. The first-order valence-electron chi connectivity index (χ1n) is 8.42. The van der Waals surface area contributed by atoms with Crippen molar-refractivity contribution in [3.63, 3.8) is 0 Å². The van der Waals surface area contributed by atoms with Gasteiger partial charge in [-0.3, -0.25) is 9.59 Å². The maximum atomic E-state index is 12.6. The van der Waals surface area contributed by atoms with E-state index in [2.05, 4.69) is 5.32 Å². The van der Waals surface area contributed by atoms with E-state index in [-0.39, 0.29) is 23.5 Å². The molecule has 3 atom stereocenters. The third-order valence-corrected chi connectivity index (χ3v) is 4.34. The van der Waals surface area contributed by atoms with Gasteiger partial charge in [0.15, 0.2) is 0 Å². The van der Waals surface area contributed by atoms with Crippen molar-refractivity contribution in [2.75, 3.05) is 5.32 Å². The van der Waals surface area contributed by atoms with Crippen molar-refractivity contribution in [1.82, 2.24) is 0 Å². The van der Waals surface area contributed by atoms with Crippen molar-refractivity contribution in [2.24, 2.45) is 11.8 Å². The van der Waals surface area contributed by atoms with Crippen LogP contribution >= 0.6 is 0 Å². The van der Waals surface area contributed by atoms with Gasteiger partial charge in [-0.2, -0.15) is 0 Å². The molecule has 25 heavy (non-hydrogen) atoms. The van der Waals surface area contributed by atoms with Gasteiger partial charge in [0.2, 0.25) is 5.91 Å². The summed E-state index contributed by atoms with van der Waals surface area (Å²) < 4.78 is 5.39. The van der Waals surface area contributed by atoms with Crippen LogP contribution in [-0.2, 0) is 14.3 Å². The van der Waals surface area contributed by atoms with E-state index in [9.17, 15) is 14.4 Å². The molecule has 0 unspecified atom stereocenters. The maximum absolute atomic E-state index is 12.6. The fourth-order valence-corrected chi connectivity index (χ4v) is 2.70. The van der Waals surface area contributed by atoms with Crippen LogP contribution in [0.1, 0.15) is 43.5 Å². The number of benzene rings is 1. The lowest BCUT2D eigenvalue weighted by Crippen LogP contribution is -2.36. The molecule has 6 nitrogen and oxygen atoms in total. The van der Waals surface area contributed by atoms with Crippen molar-refractivity contribution in [2.45, 2.75) is 39.2 Å². The van der Waals surface area contributed by atoms with Gasteiger partial charge in [0.25, 0.3) is 0 Å². The molecular weight excluding hydrogens is 322 g/mol. The van der Waals surface area contributed by atoms with E-state index in [0.29, 0.717) is 24.9 Å². The first-order chi connectivity index (χ1) is 11.9. The van der Waals surface area contributed by atoms with E-state index in [1.807, 2.05) is 26.0 Å². The highest BCUT2D eigenvalue weighted by atomic mass is 16.5. The third-order valence-electron chi connectivity index (χ3n) is 4.34. The highest BCUT2D eigenvalue weighted by Gasteiger charge is 2.35. The molecule has 1 aliphatic rings. The van der Waals surface area contributed by atoms with Crippen molar-refractivity contribution in [3.8, 4) is 0 Å². The number of aromatic carboxylic acids is 1. The zero-order valence-electron chi connectivity index (χ0n) is 14.4. The van der Waals surface area contributed by atoms with E-state index >= 15 is 0 Å². The zero-order valence-corrected chi connectivity index (χ0v) is 14.4. The van der Waals surface area contributed by atoms with E-state index in [1.54, 1.807) is 12.1 Å². The summed E-state index contributed by atoms with van der Waals surface area (Å²) in [7, 11) is 0. The van der Waals surface area contributed by atoms with Gasteiger partial charge in [-0.15, -0.1) is 0 Å². The Balaban J connectivity index is 2.10. The Morgan fingerprint density at radius 3 is 2.56 bits per heavy atom. The fourth-order valence-electron chi connectivity index (χ4n) is 2.70. The minimum absolute atomic E-state index is 0.0917. The highest BCUT2D eigenvalue weighted by Crippen LogP contribution is 2.29. The van der Waals surface area contributed by atoms with Gasteiger partial charge in [-0.1, -0.05) is 25.1 Å². The van der Waals surface area contributed by atoms with Crippen LogP contribution < -0.4 is 5.32 Å². The Morgan fingerprint density at radius 2 is 1.92 bits per heavy atom. The summed E-state index contributed by atoms with van der Waals surface area (Å²) in [5.74, 6) is -2.79. The van der Waals surface area contributed by atoms with Crippen LogP contribution in [0.15, 0.2) is 36.4 Å². The molecule has 0 saturated carbocycles. The number of allylic oxidation sites excluding steroid dienone is 2. The lowest BCUT2D eigenvalue weighted by molar-refractivity contribution is -0.157. The molecule has 0 radical (unpaired) electrons. The predicted molar refractivity (Wildman–Crippen MR) is 93.2 cm³/mol. The number of carbonyl (C=O) groups is 3. The maximum Gasteiger partial charge on any atom is 0.335 e. The average molecular weight is 345 g/mol. The van der Waals surface area contributed by atoms with Gasteiger partial charge in [-0.05, 0) is 44.4 Å². The Hall–Kier alpha value is -2.63. The monoisotopic (exact) mass is 345 g/mol. The van der Waals surface area contributed by atoms with Crippen LogP contribution in [-0.4, -0.2) is 29.1 Å². The molecular formula is C19H23NO5. The molecule has 0 saturated heterocycles. The van der Waals surface area contributed by atoms with Crippen LogP contribution in [0.4, 0.5) is 5.69 Å². The molecule has 6 heteroatoms. The Labute approximate surface area is 146 Å². The molecule has 134 valence electrons. The molecule has 0 spiro atoms. The molecule has 0 bridgehead atoms. The molecule has 1 aromatic rings. The number of rotatable bonds is 6. The normalized spacial score (nSPS) is 20.6. The van der Waals surface area contributed by atoms with Gasteiger partial charge in [-0.25, -0.2) is 4.79 Å².